The van der Waals surface area contributed by atoms with Gasteiger partial charge in [0.05, 0.1) is 0 Å². The van der Waals surface area contributed by atoms with Gasteiger partial charge in [-0.1, -0.05) is 29.4 Å². The van der Waals surface area contributed by atoms with Crippen LogP contribution >= 0.6 is 23.4 Å². The molecule has 0 aliphatic heterocycles. The molecule has 0 aliphatic rings. The lowest BCUT2D eigenvalue weighted by atomic mass is 10.1. The van der Waals surface area contributed by atoms with Gasteiger partial charge >= 0.3 is 0 Å². The van der Waals surface area contributed by atoms with Gasteiger partial charge in [0.1, 0.15) is 0 Å². The van der Waals surface area contributed by atoms with Crippen molar-refractivity contribution in [3.05, 3.63) is 71.0 Å². The van der Waals surface area contributed by atoms with Crippen LogP contribution in [0.1, 0.15) is 15.9 Å². The summed E-state index contributed by atoms with van der Waals surface area (Å²) in [5.41, 5.74) is 2.75. The second-order valence-electron chi connectivity index (χ2n) is 5.81. The molecule has 1 unspecified atom stereocenters. The predicted molar refractivity (Wildman–Crippen MR) is 113 cm³/mol. The Hall–Kier alpha value is -2.09. The number of aromatic nitrogens is 2. The summed E-state index contributed by atoms with van der Waals surface area (Å²) >= 11 is 7.68. The quantitative estimate of drug-likeness (QED) is 0.602. The topological polar surface area (TPSA) is 64.0 Å². The first-order valence-electron chi connectivity index (χ1n) is 8.05. The molecule has 0 bridgehead atoms. The van der Waals surface area contributed by atoms with E-state index in [1.807, 2.05) is 35.2 Å². The van der Waals surface area contributed by atoms with Gasteiger partial charge in [0, 0.05) is 57.2 Å². The van der Waals surface area contributed by atoms with Crippen LogP contribution in [0.3, 0.4) is 0 Å². The van der Waals surface area contributed by atoms with Crippen LogP contribution in [0.25, 0.3) is 5.69 Å². The number of halogens is 1. The zero-order chi connectivity index (χ0) is 19.4. The third-order valence-electron chi connectivity index (χ3n) is 3.84. The Morgan fingerprint density at radius 3 is 2.85 bits per heavy atom. The molecule has 1 atom stereocenters. The monoisotopic (exact) mass is 419 g/mol. The Morgan fingerprint density at radius 1 is 1.30 bits per heavy atom. The van der Waals surface area contributed by atoms with Gasteiger partial charge in [0.15, 0.2) is 5.16 Å². The lowest BCUT2D eigenvalue weighted by molar-refractivity contribution is 0.102. The molecular weight excluding hydrogens is 402 g/mol. The lowest BCUT2D eigenvalue weighted by Gasteiger charge is -2.11. The number of rotatable bonds is 6. The van der Waals surface area contributed by atoms with E-state index in [0.717, 1.165) is 16.4 Å². The fraction of sp³-hybridized carbons (Fsp3) is 0.158. The number of carbonyl (C=O) groups is 1. The molecule has 1 heterocycles. The predicted octanol–water partition coefficient (Wildman–Crippen LogP) is 4.38. The highest BCUT2D eigenvalue weighted by atomic mass is 35.5. The average Bonchev–Trinajstić information content (AvgIpc) is 3.13. The summed E-state index contributed by atoms with van der Waals surface area (Å²) in [6.07, 6.45) is 7.16. The minimum atomic E-state index is -1.02. The van der Waals surface area contributed by atoms with Gasteiger partial charge in [-0.2, -0.15) is 0 Å². The van der Waals surface area contributed by atoms with Gasteiger partial charge in [-0.25, -0.2) is 4.98 Å². The first kappa shape index (κ1) is 19.7. The molecule has 1 amide bonds. The third-order valence-corrected chi connectivity index (χ3v) is 5.59. The Kier molecular flexibility index (Phi) is 6.36. The Morgan fingerprint density at radius 2 is 2.11 bits per heavy atom. The Labute approximate surface area is 169 Å². The van der Waals surface area contributed by atoms with Crippen LogP contribution < -0.4 is 5.32 Å². The molecule has 0 fully saturated rings. The molecule has 0 aliphatic carbocycles. The van der Waals surface area contributed by atoms with E-state index in [0.29, 0.717) is 22.0 Å². The van der Waals surface area contributed by atoms with Gasteiger partial charge < -0.3 is 5.32 Å². The van der Waals surface area contributed by atoms with Gasteiger partial charge in [-0.05, 0) is 48.2 Å². The Bertz CT molecular complexity index is 1000. The molecule has 1 N–H and O–H groups in total. The first-order valence-corrected chi connectivity index (χ1v) is 11.4. The highest BCUT2D eigenvalue weighted by Crippen LogP contribution is 2.23. The van der Waals surface area contributed by atoms with Gasteiger partial charge in [0.25, 0.3) is 5.91 Å². The largest absolute Gasteiger partial charge is 0.322 e. The molecule has 8 heteroatoms. The minimum absolute atomic E-state index is 0.228. The van der Waals surface area contributed by atoms with Crippen LogP contribution in [-0.4, -0.2) is 32.2 Å². The molecule has 5 nitrogen and oxygen atoms in total. The van der Waals surface area contributed by atoms with Crippen molar-refractivity contribution in [1.29, 1.82) is 0 Å². The van der Waals surface area contributed by atoms with E-state index in [2.05, 4.69) is 10.3 Å². The molecule has 0 saturated heterocycles. The summed E-state index contributed by atoms with van der Waals surface area (Å²) in [5.74, 6) is 0.115. The van der Waals surface area contributed by atoms with Gasteiger partial charge in [-0.3, -0.25) is 13.6 Å². The molecule has 140 valence electrons. The number of thioether (sulfide) groups is 1. The standard InChI is InChI=1S/C19H18ClN3O2S2/c1-26-19-21-8-9-23(19)16-5-3-4-13(11-16)18(24)22-15-6-7-17(20)14(10-15)12-27(2)25/h3-11H,12H2,1-2H3,(H,22,24). The molecular formula is C19H18ClN3O2S2. The molecule has 2 aromatic carbocycles. The molecule has 27 heavy (non-hydrogen) atoms. The molecule has 0 saturated carbocycles. The number of benzene rings is 2. The van der Waals surface area contributed by atoms with Crippen molar-refractivity contribution in [3.8, 4) is 5.69 Å². The van der Waals surface area contributed by atoms with E-state index < -0.39 is 10.8 Å². The summed E-state index contributed by atoms with van der Waals surface area (Å²) < 4.78 is 13.4. The van der Waals surface area contributed by atoms with Crippen LogP contribution in [0.2, 0.25) is 5.02 Å². The maximum absolute atomic E-state index is 12.7. The van der Waals surface area contributed by atoms with Gasteiger partial charge in [-0.15, -0.1) is 0 Å². The zero-order valence-electron chi connectivity index (χ0n) is 14.8. The van der Waals surface area contributed by atoms with E-state index in [9.17, 15) is 9.00 Å². The normalized spacial score (nSPS) is 12.0. The molecule has 0 radical (unpaired) electrons. The number of hydrogen-bond acceptors (Lipinski definition) is 4. The Balaban J connectivity index is 1.83. The van der Waals surface area contributed by atoms with Crippen molar-refractivity contribution in [1.82, 2.24) is 9.55 Å². The minimum Gasteiger partial charge on any atom is -0.322 e. The number of nitrogens with one attached hydrogen (secondary N) is 1. The molecule has 0 spiro atoms. The smallest absolute Gasteiger partial charge is 0.255 e. The number of carbonyl (C=O) groups excluding carboxylic acids is 1. The number of imidazole rings is 1. The van der Waals surface area contributed by atoms with Crippen molar-refractivity contribution in [2.24, 2.45) is 0 Å². The van der Waals surface area contributed by atoms with Crippen LogP contribution in [0, 0.1) is 0 Å². The second kappa shape index (κ2) is 8.73. The maximum atomic E-state index is 12.7. The number of anilines is 1. The van der Waals surface area contributed by atoms with E-state index in [1.165, 1.54) is 11.8 Å². The van der Waals surface area contributed by atoms with E-state index in [-0.39, 0.29) is 5.91 Å². The fourth-order valence-electron chi connectivity index (χ4n) is 2.62. The summed E-state index contributed by atoms with van der Waals surface area (Å²) in [6, 6.07) is 12.5. The van der Waals surface area contributed by atoms with E-state index >= 15 is 0 Å². The lowest BCUT2D eigenvalue weighted by Crippen LogP contribution is -2.12. The van der Waals surface area contributed by atoms with Gasteiger partial charge in [0.2, 0.25) is 0 Å². The number of amides is 1. The van der Waals surface area contributed by atoms with Crippen molar-refractivity contribution in [3.63, 3.8) is 0 Å². The molecule has 1 aromatic heterocycles. The van der Waals surface area contributed by atoms with Crippen molar-refractivity contribution in [2.75, 3.05) is 17.8 Å². The molecule has 3 rings (SSSR count). The highest BCUT2D eigenvalue weighted by Gasteiger charge is 2.11. The summed E-state index contributed by atoms with van der Waals surface area (Å²) in [4.78, 5) is 17.0. The first-order chi connectivity index (χ1) is 13.0. The number of hydrogen-bond donors (Lipinski definition) is 1. The number of nitrogens with zero attached hydrogens (tertiary/aromatic N) is 2. The zero-order valence-corrected chi connectivity index (χ0v) is 17.2. The third kappa shape index (κ3) is 4.80. The van der Waals surface area contributed by atoms with Crippen LogP contribution in [0.15, 0.2) is 60.0 Å². The summed E-state index contributed by atoms with van der Waals surface area (Å²) in [5, 5.41) is 4.26. The van der Waals surface area contributed by atoms with Crippen LogP contribution in [-0.2, 0) is 16.6 Å². The summed E-state index contributed by atoms with van der Waals surface area (Å²) in [7, 11) is -1.02. The van der Waals surface area contributed by atoms with Crippen LogP contribution in [0.5, 0.6) is 0 Å². The van der Waals surface area contributed by atoms with E-state index in [4.69, 9.17) is 11.6 Å². The SMILES string of the molecule is CSc1nccn1-c1cccc(C(=O)Nc2ccc(Cl)c(CS(C)=O)c2)c1. The van der Waals surface area contributed by atoms with Crippen molar-refractivity contribution >= 4 is 45.8 Å². The second-order valence-corrected chi connectivity index (χ2v) is 8.43. The fourth-order valence-corrected chi connectivity index (χ4v) is 4.09. The van der Waals surface area contributed by atoms with E-state index in [1.54, 1.807) is 36.7 Å². The highest BCUT2D eigenvalue weighted by molar-refractivity contribution is 7.98. The summed E-state index contributed by atoms with van der Waals surface area (Å²) in [6.45, 7) is 0. The average molecular weight is 420 g/mol. The van der Waals surface area contributed by atoms with Crippen molar-refractivity contribution < 1.29 is 9.00 Å². The maximum Gasteiger partial charge on any atom is 0.255 e. The van der Waals surface area contributed by atoms with Crippen molar-refractivity contribution in [2.45, 2.75) is 10.9 Å². The molecule has 3 aromatic rings. The van der Waals surface area contributed by atoms with Crippen LogP contribution in [0.4, 0.5) is 5.69 Å².